The summed E-state index contributed by atoms with van der Waals surface area (Å²) >= 11 is 0. The lowest BCUT2D eigenvalue weighted by Gasteiger charge is -2.13. The Morgan fingerprint density at radius 1 is 0.174 bits per heavy atom. The van der Waals surface area contributed by atoms with Crippen molar-refractivity contribution in [3.8, 4) is 101 Å². The van der Waals surface area contributed by atoms with Crippen molar-refractivity contribution < 1.29 is 0 Å². The second-order valence-electron chi connectivity index (χ2n) is 22.4. The van der Waals surface area contributed by atoms with Crippen LogP contribution in [0.2, 0.25) is 0 Å². The number of benzene rings is 9. The summed E-state index contributed by atoms with van der Waals surface area (Å²) in [6.45, 7) is 0. The first-order valence-corrected chi connectivity index (χ1v) is 30.7. The first-order chi connectivity index (χ1) is 45.5. The number of hydrogen-bond acceptors (Lipinski definition) is 6. The highest BCUT2D eigenvalue weighted by molar-refractivity contribution is 5.89. The molecule has 0 aliphatic rings. The van der Waals surface area contributed by atoms with Crippen LogP contribution in [-0.4, -0.2) is 29.9 Å². The molecule has 5 aromatic heterocycles. The van der Waals surface area contributed by atoms with Crippen molar-refractivity contribution in [1.82, 2.24) is 29.9 Å². The zero-order valence-electron chi connectivity index (χ0n) is 50.3. The molecule has 0 N–H and O–H groups in total. The van der Waals surface area contributed by atoms with Crippen LogP contribution >= 0.6 is 0 Å². The van der Waals surface area contributed by atoms with Gasteiger partial charge in [0.25, 0.3) is 0 Å². The Balaban J connectivity index is 0.735. The van der Waals surface area contributed by atoms with Gasteiger partial charge in [-0.1, -0.05) is 243 Å². The van der Waals surface area contributed by atoms with Crippen LogP contribution in [0.3, 0.4) is 0 Å². The van der Waals surface area contributed by atoms with E-state index in [-0.39, 0.29) is 0 Å². The third kappa shape index (κ3) is 13.8. The van der Waals surface area contributed by atoms with Crippen molar-refractivity contribution in [3.63, 3.8) is 0 Å². The van der Waals surface area contributed by atoms with E-state index in [1.165, 1.54) is 0 Å². The lowest BCUT2D eigenvalue weighted by molar-refractivity contribution is 1.18. The molecule has 0 fully saturated rings. The smallest absolute Gasteiger partial charge is 0.159 e. The Labute approximate surface area is 537 Å². The van der Waals surface area contributed by atoms with Gasteiger partial charge < -0.3 is 0 Å². The van der Waals surface area contributed by atoms with Crippen LogP contribution in [0.4, 0.5) is 0 Å². The normalized spacial score (nSPS) is 11.5. The van der Waals surface area contributed by atoms with Gasteiger partial charge in [0.15, 0.2) is 5.82 Å². The zero-order chi connectivity index (χ0) is 61.7. The summed E-state index contributed by atoms with van der Waals surface area (Å²) in [5, 5.41) is 0. The number of hydrogen-bond donors (Lipinski definition) is 0. The average molecular weight is 1180 g/mol. The third-order valence-electron chi connectivity index (χ3n) is 16.2. The van der Waals surface area contributed by atoms with Gasteiger partial charge in [-0.3, -0.25) is 19.9 Å². The number of pyridine rings is 4. The summed E-state index contributed by atoms with van der Waals surface area (Å²) in [6.07, 6.45) is 28.7. The summed E-state index contributed by atoms with van der Waals surface area (Å²) in [5.41, 5.74) is 26.4. The quantitative estimate of drug-likeness (QED) is 0.0846. The molecule has 0 spiro atoms. The minimum absolute atomic E-state index is 0.653. The molecule has 0 aliphatic heterocycles. The van der Waals surface area contributed by atoms with Crippen LogP contribution < -0.4 is 0 Å². The second kappa shape index (κ2) is 27.3. The fourth-order valence-electron chi connectivity index (χ4n) is 11.4. The average Bonchev–Trinajstić information content (AvgIpc) is 1.01. The summed E-state index contributed by atoms with van der Waals surface area (Å²) in [5.74, 6) is 0.653. The van der Waals surface area contributed by atoms with Gasteiger partial charge in [-0.25, -0.2) is 9.97 Å². The maximum absolute atomic E-state index is 5.01. The summed E-state index contributed by atoms with van der Waals surface area (Å²) < 4.78 is 0. The van der Waals surface area contributed by atoms with Gasteiger partial charge in [0, 0.05) is 70.6 Å². The largest absolute Gasteiger partial charge is 0.256 e. The highest BCUT2D eigenvalue weighted by atomic mass is 14.9. The van der Waals surface area contributed by atoms with Crippen molar-refractivity contribution in [3.05, 3.63) is 361 Å². The predicted molar refractivity (Wildman–Crippen MR) is 384 cm³/mol. The van der Waals surface area contributed by atoms with Crippen LogP contribution in [0.15, 0.2) is 316 Å². The topological polar surface area (TPSA) is 77.3 Å². The van der Waals surface area contributed by atoms with Crippen LogP contribution in [0.25, 0.3) is 150 Å². The number of rotatable bonds is 17. The molecule has 92 heavy (non-hydrogen) atoms. The van der Waals surface area contributed by atoms with Gasteiger partial charge in [0.1, 0.15) is 0 Å². The Kier molecular flexibility index (Phi) is 17.1. The lowest BCUT2D eigenvalue weighted by atomic mass is 9.91. The van der Waals surface area contributed by atoms with Crippen molar-refractivity contribution in [2.45, 2.75) is 0 Å². The Morgan fingerprint density at radius 2 is 0.424 bits per heavy atom. The van der Waals surface area contributed by atoms with Gasteiger partial charge in [0.05, 0.1) is 22.8 Å². The summed E-state index contributed by atoms with van der Waals surface area (Å²) in [6, 6.07) is 97.4. The number of nitrogens with zero attached hydrogens (tertiary/aromatic N) is 6. The molecule has 14 rings (SSSR count). The molecule has 6 heteroatoms. The highest BCUT2D eigenvalue weighted by Gasteiger charge is 2.14. The molecule has 6 nitrogen and oxygen atoms in total. The van der Waals surface area contributed by atoms with E-state index in [0.717, 1.165) is 140 Å². The molecule has 9 aromatic carbocycles. The number of aromatic nitrogens is 6. The highest BCUT2D eigenvalue weighted by Crippen LogP contribution is 2.37. The molecular formula is C86H60N6. The molecule has 0 unspecified atom stereocenters. The Morgan fingerprint density at radius 3 is 0.717 bits per heavy atom. The first kappa shape index (κ1) is 57.4. The molecular weight excluding hydrogens is 1120 g/mol. The molecule has 434 valence electrons. The van der Waals surface area contributed by atoms with Crippen LogP contribution in [0, 0.1) is 0 Å². The molecule has 0 saturated heterocycles. The Bertz CT molecular complexity index is 4390. The van der Waals surface area contributed by atoms with Crippen molar-refractivity contribution >= 4 is 48.6 Å². The maximum atomic E-state index is 5.01. The molecule has 0 aliphatic carbocycles. The van der Waals surface area contributed by atoms with Crippen molar-refractivity contribution in [2.75, 3.05) is 0 Å². The zero-order valence-corrected chi connectivity index (χ0v) is 50.3. The minimum atomic E-state index is 0.653. The maximum Gasteiger partial charge on any atom is 0.159 e. The van der Waals surface area contributed by atoms with E-state index in [2.05, 4.69) is 275 Å². The lowest BCUT2D eigenvalue weighted by Crippen LogP contribution is -1.93. The monoisotopic (exact) mass is 1180 g/mol. The van der Waals surface area contributed by atoms with E-state index >= 15 is 0 Å². The van der Waals surface area contributed by atoms with Gasteiger partial charge in [0.2, 0.25) is 0 Å². The van der Waals surface area contributed by atoms with Gasteiger partial charge >= 0.3 is 0 Å². The molecule has 5 heterocycles. The van der Waals surface area contributed by atoms with Gasteiger partial charge in [-0.2, -0.15) is 0 Å². The van der Waals surface area contributed by atoms with Crippen LogP contribution in [-0.2, 0) is 0 Å². The SMILES string of the molecule is C(=Cc1cc(C=Cc2ccc(-c3ccccn3)cc2)cc(-c2ccccc2-c2ccc(-c3ncc(-c4ccccc4-c4cc(C=Cc5ccc(-c6ccccn6)cc5)cc(/C=C\c5ccc(-c6ccccn6)cc5)c4)cn3)cc2)c1)c1ccc(-c2ccccn2)cc1. The van der Waals surface area contributed by atoms with Crippen molar-refractivity contribution in [1.29, 1.82) is 0 Å². The van der Waals surface area contributed by atoms with E-state index in [1.807, 2.05) is 110 Å². The standard InChI is InChI=1S/C86H60N6/c1-2-14-79(75-55-65(25-21-61-29-37-70(38-30-61)82-17-5-9-49-87-82)53-66(56-75)26-22-62-31-39-71(40-32-62)83-18-6-10-50-88-83)78(13-1)69-45-47-74(48-46-69)86-91-59-77(60-92-86)81-16-4-3-15-80(81)76-57-67(27-23-63-33-41-72(42-34-63)84-19-7-11-51-89-84)54-68(58-76)28-24-64-35-43-73(44-36-64)85-20-8-12-52-90-85/h1-60H/b25-21?,26-22?,27-23-,28-24?. The van der Waals surface area contributed by atoms with E-state index in [1.54, 1.807) is 0 Å². The van der Waals surface area contributed by atoms with E-state index in [4.69, 9.17) is 9.97 Å². The second-order valence-corrected chi connectivity index (χ2v) is 22.4. The first-order valence-electron chi connectivity index (χ1n) is 30.7. The van der Waals surface area contributed by atoms with Crippen LogP contribution in [0.5, 0.6) is 0 Å². The molecule has 0 amide bonds. The van der Waals surface area contributed by atoms with E-state index in [9.17, 15) is 0 Å². The fourth-order valence-corrected chi connectivity index (χ4v) is 11.4. The summed E-state index contributed by atoms with van der Waals surface area (Å²) in [4.78, 5) is 28.2. The summed E-state index contributed by atoms with van der Waals surface area (Å²) in [7, 11) is 0. The third-order valence-corrected chi connectivity index (χ3v) is 16.2. The van der Waals surface area contributed by atoms with Gasteiger partial charge in [-0.05, 0) is 168 Å². The molecule has 0 atom stereocenters. The van der Waals surface area contributed by atoms with Gasteiger partial charge in [-0.15, -0.1) is 0 Å². The van der Waals surface area contributed by atoms with E-state index < -0.39 is 0 Å². The predicted octanol–water partition coefficient (Wildman–Crippen LogP) is 21.7. The molecule has 0 saturated carbocycles. The van der Waals surface area contributed by atoms with Crippen molar-refractivity contribution in [2.24, 2.45) is 0 Å². The molecule has 0 bridgehead atoms. The van der Waals surface area contributed by atoms with E-state index in [0.29, 0.717) is 5.82 Å². The van der Waals surface area contributed by atoms with Crippen LogP contribution in [0.1, 0.15) is 44.5 Å². The minimum Gasteiger partial charge on any atom is -0.256 e. The molecule has 0 radical (unpaired) electrons. The fraction of sp³-hybridized carbons (Fsp3) is 0. The Hall–Kier alpha value is -12.4. The molecule has 14 aromatic rings.